The Balaban J connectivity index is 1.58. The van der Waals surface area contributed by atoms with Crippen LogP contribution in [0.3, 0.4) is 0 Å². The number of nitrogens with zero attached hydrogens (tertiary/aromatic N) is 2. The highest BCUT2D eigenvalue weighted by Gasteiger charge is 2.20. The number of fused-ring (bicyclic) bond motifs is 1. The van der Waals surface area contributed by atoms with Crippen molar-refractivity contribution in [3.8, 4) is 0 Å². The first-order valence-electron chi connectivity index (χ1n) is 7.94. The van der Waals surface area contributed by atoms with E-state index in [1.54, 1.807) is 0 Å². The van der Waals surface area contributed by atoms with Crippen LogP contribution in [0.15, 0.2) is 53.5 Å². The standard InChI is InChI=1S/C19H18N2O2/c22-19-17-4-2-1-3-15(17)13-18(20-19)14-5-7-16(8-6-14)21-9-11-23-12-10-21/h1-8H,9-13H2. The Kier molecular flexibility index (Phi) is 3.67. The molecule has 2 heterocycles. The lowest BCUT2D eigenvalue weighted by atomic mass is 9.94. The first kappa shape index (κ1) is 14.2. The van der Waals surface area contributed by atoms with Crippen molar-refractivity contribution in [1.82, 2.24) is 0 Å². The zero-order valence-corrected chi connectivity index (χ0v) is 12.9. The van der Waals surface area contributed by atoms with Crippen LogP contribution < -0.4 is 4.90 Å². The summed E-state index contributed by atoms with van der Waals surface area (Å²) in [7, 11) is 0. The monoisotopic (exact) mass is 306 g/mol. The van der Waals surface area contributed by atoms with Gasteiger partial charge in [-0.2, -0.15) is 0 Å². The first-order valence-corrected chi connectivity index (χ1v) is 7.94. The van der Waals surface area contributed by atoms with Gasteiger partial charge in [-0.1, -0.05) is 30.3 Å². The average Bonchev–Trinajstić information content (AvgIpc) is 2.63. The van der Waals surface area contributed by atoms with Crippen LogP contribution in [0.4, 0.5) is 5.69 Å². The maximum absolute atomic E-state index is 12.2. The van der Waals surface area contributed by atoms with Crippen molar-refractivity contribution in [2.75, 3.05) is 31.2 Å². The van der Waals surface area contributed by atoms with E-state index in [4.69, 9.17) is 4.74 Å². The van der Waals surface area contributed by atoms with Crippen LogP contribution in [0.5, 0.6) is 0 Å². The molecule has 0 bridgehead atoms. The first-order chi connectivity index (χ1) is 11.3. The summed E-state index contributed by atoms with van der Waals surface area (Å²) in [4.78, 5) is 18.8. The van der Waals surface area contributed by atoms with Gasteiger partial charge in [-0.15, -0.1) is 0 Å². The Morgan fingerprint density at radius 1 is 0.957 bits per heavy atom. The molecule has 1 saturated heterocycles. The Bertz CT molecular complexity index is 759. The second kappa shape index (κ2) is 5.97. The molecular formula is C19H18N2O2. The number of hydrogen-bond donors (Lipinski definition) is 0. The van der Waals surface area contributed by atoms with Gasteiger partial charge in [0.2, 0.25) is 0 Å². The number of rotatable bonds is 2. The van der Waals surface area contributed by atoms with Gasteiger partial charge in [-0.3, -0.25) is 4.79 Å². The fourth-order valence-corrected chi connectivity index (χ4v) is 3.14. The molecule has 4 nitrogen and oxygen atoms in total. The summed E-state index contributed by atoms with van der Waals surface area (Å²) < 4.78 is 5.39. The van der Waals surface area contributed by atoms with Crippen LogP contribution in [0.25, 0.3) is 0 Å². The average molecular weight is 306 g/mol. The molecule has 4 rings (SSSR count). The minimum Gasteiger partial charge on any atom is -0.378 e. The molecule has 0 aromatic heterocycles. The lowest BCUT2D eigenvalue weighted by Gasteiger charge is -2.29. The summed E-state index contributed by atoms with van der Waals surface area (Å²) in [5, 5.41) is 0. The number of carbonyl (C=O) groups is 1. The fraction of sp³-hybridized carbons (Fsp3) is 0.263. The van der Waals surface area contributed by atoms with Crippen molar-refractivity contribution in [1.29, 1.82) is 0 Å². The van der Waals surface area contributed by atoms with E-state index in [9.17, 15) is 4.79 Å². The van der Waals surface area contributed by atoms with E-state index in [1.807, 2.05) is 24.3 Å². The quantitative estimate of drug-likeness (QED) is 0.856. The van der Waals surface area contributed by atoms with E-state index in [0.717, 1.165) is 48.7 Å². The second-order valence-corrected chi connectivity index (χ2v) is 5.84. The summed E-state index contributed by atoms with van der Waals surface area (Å²) in [6.45, 7) is 3.40. The van der Waals surface area contributed by atoms with Gasteiger partial charge in [0.15, 0.2) is 0 Å². The highest BCUT2D eigenvalue weighted by molar-refractivity contribution is 6.15. The molecule has 1 fully saturated rings. The van der Waals surface area contributed by atoms with Crippen LogP contribution in [0.1, 0.15) is 21.5 Å². The molecule has 2 aliphatic rings. The molecule has 0 spiro atoms. The van der Waals surface area contributed by atoms with Crippen LogP contribution in [-0.4, -0.2) is 37.9 Å². The molecule has 2 aromatic rings. The Morgan fingerprint density at radius 2 is 1.70 bits per heavy atom. The normalized spacial score (nSPS) is 17.7. The van der Waals surface area contributed by atoms with Crippen molar-refractivity contribution < 1.29 is 9.53 Å². The number of morpholine rings is 1. The largest absolute Gasteiger partial charge is 0.378 e. The van der Waals surface area contributed by atoms with Crippen LogP contribution in [0, 0.1) is 0 Å². The zero-order valence-electron chi connectivity index (χ0n) is 12.9. The van der Waals surface area contributed by atoms with Crippen molar-refractivity contribution in [3.63, 3.8) is 0 Å². The Hall–Kier alpha value is -2.46. The van der Waals surface area contributed by atoms with E-state index in [2.05, 4.69) is 34.2 Å². The molecular weight excluding hydrogens is 288 g/mol. The van der Waals surface area contributed by atoms with Crippen molar-refractivity contribution in [3.05, 3.63) is 65.2 Å². The van der Waals surface area contributed by atoms with E-state index in [0.29, 0.717) is 6.42 Å². The molecule has 0 aliphatic carbocycles. The number of amides is 1. The topological polar surface area (TPSA) is 41.9 Å². The zero-order chi connectivity index (χ0) is 15.6. The third-order valence-corrected chi connectivity index (χ3v) is 4.42. The third-order valence-electron chi connectivity index (χ3n) is 4.42. The van der Waals surface area contributed by atoms with Crippen molar-refractivity contribution >= 4 is 17.3 Å². The molecule has 0 atom stereocenters. The van der Waals surface area contributed by atoms with E-state index in [1.165, 1.54) is 5.69 Å². The predicted molar refractivity (Wildman–Crippen MR) is 90.5 cm³/mol. The highest BCUT2D eigenvalue weighted by Crippen LogP contribution is 2.22. The third kappa shape index (κ3) is 2.78. The van der Waals surface area contributed by atoms with Gasteiger partial charge >= 0.3 is 0 Å². The molecule has 116 valence electrons. The minimum absolute atomic E-state index is 0.140. The number of carbonyl (C=O) groups excluding carboxylic acids is 1. The maximum atomic E-state index is 12.2. The molecule has 4 heteroatoms. The summed E-state index contributed by atoms with van der Waals surface area (Å²) >= 11 is 0. The number of hydrogen-bond acceptors (Lipinski definition) is 3. The summed E-state index contributed by atoms with van der Waals surface area (Å²) in [6.07, 6.45) is 0.707. The van der Waals surface area contributed by atoms with Gasteiger partial charge in [0.25, 0.3) is 5.91 Å². The Labute approximate surface area is 135 Å². The van der Waals surface area contributed by atoms with Crippen molar-refractivity contribution in [2.24, 2.45) is 4.99 Å². The molecule has 0 radical (unpaired) electrons. The maximum Gasteiger partial charge on any atom is 0.277 e. The smallest absolute Gasteiger partial charge is 0.277 e. The lowest BCUT2D eigenvalue weighted by Crippen LogP contribution is -2.36. The van der Waals surface area contributed by atoms with Crippen LogP contribution in [0.2, 0.25) is 0 Å². The SMILES string of the molecule is O=C1N=C(c2ccc(N3CCOCC3)cc2)Cc2ccccc21. The summed E-state index contributed by atoms with van der Waals surface area (Å²) in [5.74, 6) is -0.140. The molecule has 1 amide bonds. The second-order valence-electron chi connectivity index (χ2n) is 5.84. The van der Waals surface area contributed by atoms with Crippen molar-refractivity contribution in [2.45, 2.75) is 6.42 Å². The number of anilines is 1. The molecule has 2 aliphatic heterocycles. The number of ether oxygens (including phenoxy) is 1. The molecule has 23 heavy (non-hydrogen) atoms. The van der Waals surface area contributed by atoms with Crippen LogP contribution in [-0.2, 0) is 11.2 Å². The molecule has 2 aromatic carbocycles. The molecule has 0 unspecified atom stereocenters. The van der Waals surface area contributed by atoms with E-state index in [-0.39, 0.29) is 5.91 Å². The van der Waals surface area contributed by atoms with Gasteiger partial charge < -0.3 is 9.64 Å². The predicted octanol–water partition coefficient (Wildman–Crippen LogP) is 2.71. The van der Waals surface area contributed by atoms with Gasteiger partial charge in [-0.05, 0) is 29.3 Å². The number of aliphatic imine (C=N–C) groups is 1. The van der Waals surface area contributed by atoms with Crippen LogP contribution >= 0.6 is 0 Å². The number of benzene rings is 2. The van der Waals surface area contributed by atoms with Gasteiger partial charge in [-0.25, -0.2) is 4.99 Å². The summed E-state index contributed by atoms with van der Waals surface area (Å²) in [6, 6.07) is 16.0. The van der Waals surface area contributed by atoms with Gasteiger partial charge in [0.1, 0.15) is 0 Å². The van der Waals surface area contributed by atoms with E-state index < -0.39 is 0 Å². The van der Waals surface area contributed by atoms with E-state index >= 15 is 0 Å². The van der Waals surface area contributed by atoms with Gasteiger partial charge in [0.05, 0.1) is 18.9 Å². The lowest BCUT2D eigenvalue weighted by molar-refractivity contribution is 0.1000. The molecule has 0 saturated carbocycles. The minimum atomic E-state index is -0.140. The molecule has 0 N–H and O–H groups in total. The highest BCUT2D eigenvalue weighted by atomic mass is 16.5. The van der Waals surface area contributed by atoms with Gasteiger partial charge in [0, 0.05) is 30.8 Å². The summed E-state index contributed by atoms with van der Waals surface area (Å²) in [5.41, 5.74) is 4.84. The Morgan fingerprint density at radius 3 is 2.48 bits per heavy atom. The fourth-order valence-electron chi connectivity index (χ4n) is 3.14.